The zero-order chi connectivity index (χ0) is 11.7. The van der Waals surface area contributed by atoms with E-state index in [0.717, 1.165) is 6.42 Å². The van der Waals surface area contributed by atoms with Gasteiger partial charge in [-0.15, -0.1) is 11.8 Å². The first kappa shape index (κ1) is 11.5. The minimum Gasteiger partial charge on any atom is -0.129 e. The number of hydrogen-bond donors (Lipinski definition) is 0. The van der Waals surface area contributed by atoms with Gasteiger partial charge in [-0.1, -0.05) is 25.1 Å². The Morgan fingerprint density at radius 2 is 1.81 bits per heavy atom. The molecule has 0 atom stereocenters. The van der Waals surface area contributed by atoms with E-state index >= 15 is 0 Å². The average Bonchev–Trinajstić information content (AvgIpc) is 2.49. The SMILES string of the molecule is CCc1ccc(C)c2c(SC)cc(C)c-2c1. The van der Waals surface area contributed by atoms with Crippen molar-refractivity contribution in [3.63, 3.8) is 0 Å². The number of fused-ring (bicyclic) bond motifs is 1. The van der Waals surface area contributed by atoms with Crippen LogP contribution in [0.3, 0.4) is 0 Å². The van der Waals surface area contributed by atoms with E-state index in [4.69, 9.17) is 0 Å². The van der Waals surface area contributed by atoms with Crippen LogP contribution in [0.15, 0.2) is 29.2 Å². The van der Waals surface area contributed by atoms with Crippen LogP contribution in [0.4, 0.5) is 0 Å². The second-order valence-corrected chi connectivity index (χ2v) is 5.12. The van der Waals surface area contributed by atoms with Gasteiger partial charge in [0, 0.05) is 4.90 Å². The summed E-state index contributed by atoms with van der Waals surface area (Å²) in [6, 6.07) is 9.15. The molecule has 0 saturated heterocycles. The summed E-state index contributed by atoms with van der Waals surface area (Å²) < 4.78 is 0. The summed E-state index contributed by atoms with van der Waals surface area (Å²) in [6.07, 6.45) is 3.25. The van der Waals surface area contributed by atoms with Crippen molar-refractivity contribution in [1.29, 1.82) is 0 Å². The van der Waals surface area contributed by atoms with Gasteiger partial charge in [0.05, 0.1) is 0 Å². The number of aryl methyl sites for hydroxylation is 3. The van der Waals surface area contributed by atoms with Crippen molar-refractivity contribution in [2.24, 2.45) is 0 Å². The third-order valence-corrected chi connectivity index (χ3v) is 3.95. The van der Waals surface area contributed by atoms with Gasteiger partial charge in [0.1, 0.15) is 0 Å². The van der Waals surface area contributed by atoms with Crippen LogP contribution < -0.4 is 0 Å². The zero-order valence-corrected chi connectivity index (χ0v) is 11.2. The highest BCUT2D eigenvalue weighted by molar-refractivity contribution is 7.98. The molecule has 0 spiro atoms. The molecular formula is C15H18S. The third kappa shape index (κ3) is 1.84. The van der Waals surface area contributed by atoms with Crippen molar-refractivity contribution in [2.45, 2.75) is 32.1 Å². The molecule has 0 N–H and O–H groups in total. The molecule has 0 saturated carbocycles. The van der Waals surface area contributed by atoms with Crippen molar-refractivity contribution >= 4 is 11.8 Å². The molecule has 0 aliphatic heterocycles. The van der Waals surface area contributed by atoms with Crippen molar-refractivity contribution in [3.05, 3.63) is 41.0 Å². The number of thioether (sulfide) groups is 1. The lowest BCUT2D eigenvalue weighted by Gasteiger charge is -2.02. The van der Waals surface area contributed by atoms with Gasteiger partial charge >= 0.3 is 0 Å². The largest absolute Gasteiger partial charge is 0.129 e. The topological polar surface area (TPSA) is 0 Å². The van der Waals surface area contributed by atoms with Gasteiger partial charge in [-0.05, 0) is 60.4 Å². The van der Waals surface area contributed by atoms with Gasteiger partial charge in [0.15, 0.2) is 0 Å². The van der Waals surface area contributed by atoms with E-state index in [1.807, 2.05) is 11.8 Å². The van der Waals surface area contributed by atoms with E-state index in [2.05, 4.69) is 51.3 Å². The normalized spacial score (nSPS) is 11.0. The monoisotopic (exact) mass is 230 g/mol. The quantitative estimate of drug-likeness (QED) is 0.674. The summed E-state index contributed by atoms with van der Waals surface area (Å²) in [7, 11) is 0. The molecule has 0 aromatic carbocycles. The minimum absolute atomic E-state index is 1.10. The van der Waals surface area contributed by atoms with Crippen molar-refractivity contribution in [2.75, 3.05) is 6.26 Å². The van der Waals surface area contributed by atoms with Crippen LogP contribution in [-0.4, -0.2) is 6.26 Å². The number of hydrogen-bond acceptors (Lipinski definition) is 1. The summed E-state index contributed by atoms with van der Waals surface area (Å²) in [5.41, 5.74) is 7.05. The fourth-order valence-corrected chi connectivity index (χ4v) is 2.97. The molecule has 0 fully saturated rings. The lowest BCUT2D eigenvalue weighted by Crippen LogP contribution is -1.78. The Kier molecular flexibility index (Phi) is 3.25. The summed E-state index contributed by atoms with van der Waals surface area (Å²) >= 11 is 1.84. The first-order chi connectivity index (χ1) is 7.67. The molecule has 0 heterocycles. The second kappa shape index (κ2) is 4.50. The van der Waals surface area contributed by atoms with Crippen molar-refractivity contribution in [1.82, 2.24) is 0 Å². The molecule has 2 aliphatic carbocycles. The van der Waals surface area contributed by atoms with Crippen LogP contribution in [0.2, 0.25) is 0 Å². The Bertz CT molecular complexity index is 486. The lowest BCUT2D eigenvalue weighted by molar-refractivity contribution is 1.15. The molecule has 0 aromatic heterocycles. The Hall–Kier alpha value is -0.950. The van der Waals surface area contributed by atoms with Gasteiger partial charge in [-0.25, -0.2) is 0 Å². The third-order valence-electron chi connectivity index (χ3n) is 3.19. The maximum atomic E-state index is 2.34. The molecule has 2 aliphatic rings. The zero-order valence-electron chi connectivity index (χ0n) is 10.4. The van der Waals surface area contributed by atoms with Crippen LogP contribution in [-0.2, 0) is 6.42 Å². The fraction of sp³-hybridized carbons (Fsp3) is 0.333. The Morgan fingerprint density at radius 1 is 1.06 bits per heavy atom. The molecule has 84 valence electrons. The molecule has 16 heavy (non-hydrogen) atoms. The first-order valence-corrected chi connectivity index (χ1v) is 6.96. The van der Waals surface area contributed by atoms with Crippen LogP contribution in [0.25, 0.3) is 11.1 Å². The molecule has 0 nitrogen and oxygen atoms in total. The summed E-state index contributed by atoms with van der Waals surface area (Å²) in [4.78, 5) is 1.41. The molecule has 2 rings (SSSR count). The van der Waals surface area contributed by atoms with E-state index in [1.165, 1.54) is 32.7 Å². The summed E-state index contributed by atoms with van der Waals surface area (Å²) in [5, 5.41) is 0. The summed E-state index contributed by atoms with van der Waals surface area (Å²) in [6.45, 7) is 6.63. The molecular weight excluding hydrogens is 212 g/mol. The standard InChI is InChI=1S/C15H18S/c1-5-12-7-6-10(2)15-13(9-12)11(3)8-14(15)16-4/h6-9H,5H2,1-4H3. The highest BCUT2D eigenvalue weighted by Gasteiger charge is 2.14. The Morgan fingerprint density at radius 3 is 2.44 bits per heavy atom. The van der Waals surface area contributed by atoms with E-state index in [9.17, 15) is 0 Å². The minimum atomic E-state index is 1.10. The highest BCUT2D eigenvalue weighted by atomic mass is 32.2. The van der Waals surface area contributed by atoms with E-state index < -0.39 is 0 Å². The predicted octanol–water partition coefficient (Wildman–Crippen LogP) is 4.69. The van der Waals surface area contributed by atoms with Crippen LogP contribution in [0.5, 0.6) is 0 Å². The van der Waals surface area contributed by atoms with Crippen molar-refractivity contribution in [3.8, 4) is 11.1 Å². The van der Waals surface area contributed by atoms with Gasteiger partial charge in [-0.3, -0.25) is 0 Å². The van der Waals surface area contributed by atoms with Gasteiger partial charge in [0.2, 0.25) is 0 Å². The van der Waals surface area contributed by atoms with Gasteiger partial charge in [-0.2, -0.15) is 0 Å². The molecule has 0 unspecified atom stereocenters. The molecule has 1 heteroatoms. The maximum absolute atomic E-state index is 2.34. The average molecular weight is 230 g/mol. The molecule has 0 radical (unpaired) electrons. The van der Waals surface area contributed by atoms with E-state index in [1.54, 1.807) is 0 Å². The van der Waals surface area contributed by atoms with E-state index in [0.29, 0.717) is 0 Å². The number of rotatable bonds is 2. The highest BCUT2D eigenvalue weighted by Crippen LogP contribution is 2.39. The van der Waals surface area contributed by atoms with Crippen LogP contribution >= 0.6 is 11.8 Å². The molecule has 0 aromatic rings. The smallest absolute Gasteiger partial charge is 0.0153 e. The molecule has 0 bridgehead atoms. The lowest BCUT2D eigenvalue weighted by atomic mass is 10.1. The molecule has 0 amide bonds. The first-order valence-electron chi connectivity index (χ1n) is 5.74. The Labute approximate surface area is 102 Å². The van der Waals surface area contributed by atoms with E-state index in [-0.39, 0.29) is 0 Å². The van der Waals surface area contributed by atoms with Gasteiger partial charge in [0.25, 0.3) is 0 Å². The van der Waals surface area contributed by atoms with Crippen LogP contribution in [0.1, 0.15) is 23.6 Å². The maximum Gasteiger partial charge on any atom is 0.0153 e. The summed E-state index contributed by atoms with van der Waals surface area (Å²) in [5.74, 6) is 0. The Balaban J connectivity index is 2.76. The van der Waals surface area contributed by atoms with Crippen molar-refractivity contribution < 1.29 is 0 Å². The van der Waals surface area contributed by atoms with Crippen LogP contribution in [0, 0.1) is 13.8 Å². The second-order valence-electron chi connectivity index (χ2n) is 4.27. The fourth-order valence-electron chi connectivity index (χ4n) is 2.20. The predicted molar refractivity (Wildman–Crippen MR) is 73.7 cm³/mol. The van der Waals surface area contributed by atoms with Gasteiger partial charge < -0.3 is 0 Å².